The molecule has 0 aliphatic carbocycles. The molecule has 1 N–H and O–H groups in total. The number of nitrogens with one attached hydrogen (secondary N) is 1. The Balaban J connectivity index is 0.00000200. The molecular formula is C14H18ClN3O2. The van der Waals surface area contributed by atoms with Crippen LogP contribution in [0.4, 0.5) is 0 Å². The van der Waals surface area contributed by atoms with Gasteiger partial charge in [0.15, 0.2) is 0 Å². The molecule has 0 unspecified atom stereocenters. The fraction of sp³-hybridized carbons (Fsp3) is 0.286. The number of amides is 1. The first kappa shape index (κ1) is 16.0. The maximum atomic E-state index is 11.8. The molecule has 1 amide bonds. The number of hydrogen-bond donors (Lipinski definition) is 1. The van der Waals surface area contributed by atoms with Crippen molar-refractivity contribution in [1.29, 1.82) is 0 Å². The van der Waals surface area contributed by atoms with Crippen molar-refractivity contribution in [1.82, 2.24) is 14.9 Å². The topological polar surface area (TPSA) is 56.1 Å². The van der Waals surface area contributed by atoms with Crippen molar-refractivity contribution in [3.05, 3.63) is 48.5 Å². The van der Waals surface area contributed by atoms with Crippen molar-refractivity contribution in [3.8, 4) is 5.75 Å². The first-order valence-electron chi connectivity index (χ1n) is 6.17. The lowest BCUT2D eigenvalue weighted by molar-refractivity contribution is 0.0952. The van der Waals surface area contributed by atoms with E-state index in [4.69, 9.17) is 4.74 Å². The first-order valence-corrected chi connectivity index (χ1v) is 6.17. The zero-order valence-electron chi connectivity index (χ0n) is 11.3. The second kappa shape index (κ2) is 8.22. The molecule has 0 spiro atoms. The number of rotatable bonds is 6. The van der Waals surface area contributed by atoms with E-state index in [0.717, 1.165) is 18.7 Å². The molecule has 0 fully saturated rings. The van der Waals surface area contributed by atoms with Crippen LogP contribution in [-0.4, -0.2) is 29.1 Å². The van der Waals surface area contributed by atoms with Crippen LogP contribution >= 0.6 is 12.4 Å². The van der Waals surface area contributed by atoms with Crippen LogP contribution in [0.15, 0.2) is 43.0 Å². The highest BCUT2D eigenvalue weighted by atomic mass is 35.5. The number of imidazole rings is 1. The smallest absolute Gasteiger partial charge is 0.251 e. The van der Waals surface area contributed by atoms with Gasteiger partial charge in [0.25, 0.3) is 5.91 Å². The molecule has 1 aromatic carbocycles. The number of aryl methyl sites for hydroxylation is 1. The summed E-state index contributed by atoms with van der Waals surface area (Å²) in [5.41, 5.74) is 0.642. The predicted octanol–water partition coefficient (Wildman–Crippen LogP) is 2.13. The fourth-order valence-electron chi connectivity index (χ4n) is 1.73. The summed E-state index contributed by atoms with van der Waals surface area (Å²) in [5, 5.41) is 2.89. The van der Waals surface area contributed by atoms with E-state index in [0.29, 0.717) is 12.1 Å². The normalized spacial score (nSPS) is 9.65. The van der Waals surface area contributed by atoms with Crippen LogP contribution in [0.5, 0.6) is 5.75 Å². The molecule has 108 valence electrons. The minimum atomic E-state index is -0.0618. The zero-order chi connectivity index (χ0) is 13.5. The van der Waals surface area contributed by atoms with Crippen molar-refractivity contribution in [2.75, 3.05) is 13.7 Å². The highest BCUT2D eigenvalue weighted by Gasteiger charge is 2.04. The van der Waals surface area contributed by atoms with Gasteiger partial charge in [-0.2, -0.15) is 0 Å². The van der Waals surface area contributed by atoms with Crippen LogP contribution in [0, 0.1) is 0 Å². The number of carbonyl (C=O) groups is 1. The predicted molar refractivity (Wildman–Crippen MR) is 79.4 cm³/mol. The van der Waals surface area contributed by atoms with E-state index < -0.39 is 0 Å². The van der Waals surface area contributed by atoms with Gasteiger partial charge in [0, 0.05) is 31.0 Å². The quantitative estimate of drug-likeness (QED) is 0.831. The number of hydrogen-bond acceptors (Lipinski definition) is 3. The van der Waals surface area contributed by atoms with Crippen LogP contribution in [0.1, 0.15) is 16.8 Å². The van der Waals surface area contributed by atoms with E-state index >= 15 is 0 Å². The molecule has 0 saturated heterocycles. The largest absolute Gasteiger partial charge is 0.497 e. The number of methoxy groups -OCH3 is 1. The first-order chi connectivity index (χ1) is 9.29. The standard InChI is InChI=1S/C14H17N3O2.ClH/c1-19-13-5-3-12(4-6-13)14(18)16-7-2-9-17-10-8-15-11-17;/h3-6,8,10-11H,2,7,9H2,1H3,(H,16,18);1H. The molecule has 0 bridgehead atoms. The van der Waals surface area contributed by atoms with Gasteiger partial charge in [-0.05, 0) is 30.7 Å². The molecule has 6 heteroatoms. The summed E-state index contributed by atoms with van der Waals surface area (Å²) in [6.07, 6.45) is 6.30. The number of carbonyl (C=O) groups excluding carboxylic acids is 1. The van der Waals surface area contributed by atoms with Gasteiger partial charge in [0.1, 0.15) is 5.75 Å². The van der Waals surface area contributed by atoms with Gasteiger partial charge < -0.3 is 14.6 Å². The Bertz CT molecular complexity index is 512. The van der Waals surface area contributed by atoms with E-state index in [-0.39, 0.29) is 18.3 Å². The maximum Gasteiger partial charge on any atom is 0.251 e. The number of ether oxygens (including phenoxy) is 1. The summed E-state index contributed by atoms with van der Waals surface area (Å²) in [4.78, 5) is 15.8. The molecule has 20 heavy (non-hydrogen) atoms. The number of nitrogens with zero attached hydrogens (tertiary/aromatic N) is 2. The lowest BCUT2D eigenvalue weighted by atomic mass is 10.2. The summed E-state index contributed by atoms with van der Waals surface area (Å²) in [5.74, 6) is 0.685. The summed E-state index contributed by atoms with van der Waals surface area (Å²) in [7, 11) is 1.60. The van der Waals surface area contributed by atoms with Crippen molar-refractivity contribution >= 4 is 18.3 Å². The fourth-order valence-corrected chi connectivity index (χ4v) is 1.73. The van der Waals surface area contributed by atoms with Gasteiger partial charge in [-0.15, -0.1) is 12.4 Å². The van der Waals surface area contributed by atoms with E-state index in [9.17, 15) is 4.79 Å². The summed E-state index contributed by atoms with van der Waals surface area (Å²) in [6, 6.07) is 7.06. The van der Waals surface area contributed by atoms with Gasteiger partial charge in [-0.25, -0.2) is 4.98 Å². The van der Waals surface area contributed by atoms with Crippen molar-refractivity contribution in [2.45, 2.75) is 13.0 Å². The van der Waals surface area contributed by atoms with Gasteiger partial charge in [-0.1, -0.05) is 0 Å². The molecule has 0 aliphatic rings. The van der Waals surface area contributed by atoms with Crippen LogP contribution in [0.25, 0.3) is 0 Å². The van der Waals surface area contributed by atoms with Crippen molar-refractivity contribution < 1.29 is 9.53 Å². The van der Waals surface area contributed by atoms with Gasteiger partial charge in [0.2, 0.25) is 0 Å². The number of benzene rings is 1. The lowest BCUT2D eigenvalue weighted by Crippen LogP contribution is -2.25. The number of aromatic nitrogens is 2. The molecular weight excluding hydrogens is 278 g/mol. The van der Waals surface area contributed by atoms with Crippen LogP contribution in [-0.2, 0) is 6.54 Å². The lowest BCUT2D eigenvalue weighted by Gasteiger charge is -2.06. The van der Waals surface area contributed by atoms with E-state index in [1.807, 2.05) is 10.8 Å². The van der Waals surface area contributed by atoms with Crippen molar-refractivity contribution in [2.24, 2.45) is 0 Å². The second-order valence-corrected chi connectivity index (χ2v) is 4.14. The van der Waals surface area contributed by atoms with Gasteiger partial charge in [0.05, 0.1) is 13.4 Å². The Morgan fingerprint density at radius 1 is 1.35 bits per heavy atom. The Morgan fingerprint density at radius 3 is 2.70 bits per heavy atom. The molecule has 0 aliphatic heterocycles. The Morgan fingerprint density at radius 2 is 2.10 bits per heavy atom. The highest BCUT2D eigenvalue weighted by Crippen LogP contribution is 2.10. The third kappa shape index (κ3) is 4.59. The monoisotopic (exact) mass is 295 g/mol. The van der Waals surface area contributed by atoms with Gasteiger partial charge >= 0.3 is 0 Å². The number of halogens is 1. The van der Waals surface area contributed by atoms with Gasteiger partial charge in [-0.3, -0.25) is 4.79 Å². The van der Waals surface area contributed by atoms with Crippen LogP contribution in [0.2, 0.25) is 0 Å². The molecule has 0 radical (unpaired) electrons. The third-order valence-corrected chi connectivity index (χ3v) is 2.79. The van der Waals surface area contributed by atoms with E-state index in [1.54, 1.807) is 43.9 Å². The molecule has 0 atom stereocenters. The van der Waals surface area contributed by atoms with Crippen molar-refractivity contribution in [3.63, 3.8) is 0 Å². The minimum Gasteiger partial charge on any atom is -0.497 e. The molecule has 2 aromatic rings. The zero-order valence-corrected chi connectivity index (χ0v) is 12.1. The molecule has 0 saturated carbocycles. The molecule has 2 rings (SSSR count). The third-order valence-electron chi connectivity index (χ3n) is 2.79. The summed E-state index contributed by atoms with van der Waals surface area (Å²) < 4.78 is 7.03. The Kier molecular flexibility index (Phi) is 6.59. The minimum absolute atomic E-state index is 0. The Hall–Kier alpha value is -2.01. The van der Waals surface area contributed by atoms with Crippen LogP contribution < -0.4 is 10.1 Å². The van der Waals surface area contributed by atoms with E-state index in [1.165, 1.54) is 0 Å². The Labute approximate surface area is 124 Å². The average molecular weight is 296 g/mol. The molecule has 1 aromatic heterocycles. The van der Waals surface area contributed by atoms with Crippen LogP contribution in [0.3, 0.4) is 0 Å². The van der Waals surface area contributed by atoms with E-state index in [2.05, 4.69) is 10.3 Å². The second-order valence-electron chi connectivity index (χ2n) is 4.14. The SMILES string of the molecule is COc1ccc(C(=O)NCCCn2ccnc2)cc1.Cl. The molecule has 1 heterocycles. The average Bonchev–Trinajstić information content (AvgIpc) is 2.96. The molecule has 5 nitrogen and oxygen atoms in total. The highest BCUT2D eigenvalue weighted by molar-refractivity contribution is 5.94. The summed E-state index contributed by atoms with van der Waals surface area (Å²) in [6.45, 7) is 1.49. The maximum absolute atomic E-state index is 11.8. The summed E-state index contributed by atoms with van der Waals surface area (Å²) >= 11 is 0.